The summed E-state index contributed by atoms with van der Waals surface area (Å²) in [7, 11) is 3.34. The number of hydrogen-bond acceptors (Lipinski definition) is 5. The third kappa shape index (κ3) is 3.08. The van der Waals surface area contributed by atoms with Crippen molar-refractivity contribution in [1.82, 2.24) is 14.8 Å². The second-order valence-electron chi connectivity index (χ2n) is 5.92. The van der Waals surface area contributed by atoms with E-state index in [0.29, 0.717) is 28.2 Å². The Morgan fingerprint density at radius 2 is 2.04 bits per heavy atom. The van der Waals surface area contributed by atoms with Crippen LogP contribution in [0.1, 0.15) is 10.4 Å². The topological polar surface area (TPSA) is 102 Å². The van der Waals surface area contributed by atoms with Gasteiger partial charge in [-0.05, 0) is 24.3 Å². The van der Waals surface area contributed by atoms with Crippen molar-refractivity contribution in [1.29, 1.82) is 0 Å². The van der Waals surface area contributed by atoms with Gasteiger partial charge in [-0.2, -0.15) is 5.10 Å². The maximum Gasteiger partial charge on any atom is 0.417 e. The molecular weight excluding hydrogens is 348 g/mol. The van der Waals surface area contributed by atoms with E-state index in [1.807, 2.05) is 24.3 Å². The summed E-state index contributed by atoms with van der Waals surface area (Å²) in [6.45, 7) is 0. The monoisotopic (exact) mass is 364 g/mol. The number of ether oxygens (including phenoxy) is 1. The molecule has 0 spiro atoms. The van der Waals surface area contributed by atoms with Crippen LogP contribution in [0.2, 0.25) is 0 Å². The lowest BCUT2D eigenvalue weighted by molar-refractivity contribution is 0.102. The third-order valence-corrected chi connectivity index (χ3v) is 4.19. The molecule has 0 aliphatic rings. The van der Waals surface area contributed by atoms with Crippen molar-refractivity contribution in [2.75, 3.05) is 12.4 Å². The fourth-order valence-corrected chi connectivity index (χ4v) is 2.85. The van der Waals surface area contributed by atoms with Crippen molar-refractivity contribution in [3.63, 3.8) is 0 Å². The van der Waals surface area contributed by atoms with Gasteiger partial charge in [-0.3, -0.25) is 14.5 Å². The highest BCUT2D eigenvalue weighted by Gasteiger charge is 2.16. The van der Waals surface area contributed by atoms with Gasteiger partial charge in [0.1, 0.15) is 11.6 Å². The molecule has 0 saturated heterocycles. The predicted octanol–water partition coefficient (Wildman–Crippen LogP) is 2.78. The number of H-pyrrole nitrogens is 1. The predicted molar refractivity (Wildman–Crippen MR) is 100.0 cm³/mol. The number of amides is 1. The average molecular weight is 364 g/mol. The molecule has 2 heterocycles. The maximum absolute atomic E-state index is 12.7. The molecule has 8 heteroatoms. The van der Waals surface area contributed by atoms with Crippen LogP contribution in [0.3, 0.4) is 0 Å². The number of carbonyl (C=O) groups is 1. The lowest BCUT2D eigenvalue weighted by atomic mass is 10.1. The third-order valence-electron chi connectivity index (χ3n) is 4.19. The van der Waals surface area contributed by atoms with Gasteiger partial charge in [-0.1, -0.05) is 18.2 Å². The Bertz CT molecular complexity index is 1200. The number of anilines is 1. The number of aryl methyl sites for hydroxylation is 1. The SMILES string of the molecule is COc1cccc(-c2cc(NC(=O)c3cccc4oc(=O)[nH]c34)n(C)n2)c1. The zero-order valence-electron chi connectivity index (χ0n) is 14.6. The highest BCUT2D eigenvalue weighted by Crippen LogP contribution is 2.25. The summed E-state index contributed by atoms with van der Waals surface area (Å²) in [6.07, 6.45) is 0. The van der Waals surface area contributed by atoms with Crippen LogP contribution in [0, 0.1) is 0 Å². The number of nitrogens with one attached hydrogen (secondary N) is 2. The number of methoxy groups -OCH3 is 1. The van der Waals surface area contributed by atoms with Gasteiger partial charge in [-0.15, -0.1) is 0 Å². The number of aromatic nitrogens is 3. The molecule has 8 nitrogen and oxygen atoms in total. The molecule has 0 aliphatic heterocycles. The minimum absolute atomic E-state index is 0.308. The number of nitrogens with zero attached hydrogens (tertiary/aromatic N) is 2. The zero-order valence-corrected chi connectivity index (χ0v) is 14.6. The molecular formula is C19H16N4O4. The summed E-state index contributed by atoms with van der Waals surface area (Å²) >= 11 is 0. The van der Waals surface area contributed by atoms with Crippen molar-refractivity contribution in [2.24, 2.45) is 7.05 Å². The maximum atomic E-state index is 12.7. The standard InChI is InChI=1S/C19H16N4O4/c1-23-16(10-14(22-23)11-5-3-6-12(9-11)26-2)20-18(24)13-7-4-8-15-17(13)21-19(25)27-15/h3-10H,1-2H3,(H,20,24)(H,21,25). The number of benzene rings is 2. The molecule has 0 unspecified atom stereocenters. The Morgan fingerprint density at radius 3 is 2.85 bits per heavy atom. The van der Waals surface area contributed by atoms with Gasteiger partial charge < -0.3 is 14.5 Å². The minimum atomic E-state index is -0.605. The van der Waals surface area contributed by atoms with Gasteiger partial charge in [0.15, 0.2) is 5.58 Å². The van der Waals surface area contributed by atoms with E-state index in [9.17, 15) is 9.59 Å². The summed E-state index contributed by atoms with van der Waals surface area (Å²) < 4.78 is 11.8. The molecule has 136 valence electrons. The molecule has 0 bridgehead atoms. The van der Waals surface area contributed by atoms with Crippen molar-refractivity contribution >= 4 is 22.8 Å². The normalized spacial score (nSPS) is 10.9. The number of fused-ring (bicyclic) bond motifs is 1. The van der Waals surface area contributed by atoms with E-state index in [2.05, 4.69) is 15.4 Å². The molecule has 4 aromatic rings. The minimum Gasteiger partial charge on any atom is -0.497 e. The smallest absolute Gasteiger partial charge is 0.417 e. The van der Waals surface area contributed by atoms with E-state index in [1.54, 1.807) is 43.1 Å². The Balaban J connectivity index is 1.65. The first-order chi connectivity index (χ1) is 13.0. The molecule has 2 N–H and O–H groups in total. The lowest BCUT2D eigenvalue weighted by Crippen LogP contribution is -2.15. The second-order valence-corrected chi connectivity index (χ2v) is 5.92. The van der Waals surface area contributed by atoms with Gasteiger partial charge in [0, 0.05) is 18.7 Å². The Hall–Kier alpha value is -3.81. The van der Waals surface area contributed by atoms with Crippen LogP contribution in [-0.2, 0) is 7.05 Å². The van der Waals surface area contributed by atoms with E-state index in [4.69, 9.17) is 9.15 Å². The largest absolute Gasteiger partial charge is 0.497 e. The quantitative estimate of drug-likeness (QED) is 0.580. The number of rotatable bonds is 4. The Morgan fingerprint density at radius 1 is 1.22 bits per heavy atom. The molecule has 0 atom stereocenters. The highest BCUT2D eigenvalue weighted by molar-refractivity contribution is 6.11. The fourth-order valence-electron chi connectivity index (χ4n) is 2.85. The van der Waals surface area contributed by atoms with E-state index >= 15 is 0 Å². The summed E-state index contributed by atoms with van der Waals surface area (Å²) in [5.74, 6) is 0.254. The molecule has 0 aliphatic carbocycles. The lowest BCUT2D eigenvalue weighted by Gasteiger charge is -2.05. The van der Waals surface area contributed by atoms with E-state index < -0.39 is 5.76 Å². The van der Waals surface area contributed by atoms with Crippen molar-refractivity contribution in [3.8, 4) is 17.0 Å². The zero-order chi connectivity index (χ0) is 19.0. The Kier molecular flexibility index (Phi) is 4.00. The van der Waals surface area contributed by atoms with Crippen molar-refractivity contribution in [2.45, 2.75) is 0 Å². The van der Waals surface area contributed by atoms with Crippen LogP contribution < -0.4 is 15.8 Å². The Labute approximate surface area is 153 Å². The van der Waals surface area contributed by atoms with Gasteiger partial charge in [-0.25, -0.2) is 4.79 Å². The van der Waals surface area contributed by atoms with Crippen LogP contribution in [0.15, 0.2) is 57.7 Å². The molecule has 4 rings (SSSR count). The van der Waals surface area contributed by atoms with Crippen molar-refractivity contribution < 1.29 is 13.9 Å². The molecule has 2 aromatic carbocycles. The number of oxazole rings is 1. The first-order valence-corrected chi connectivity index (χ1v) is 8.17. The van der Waals surface area contributed by atoms with E-state index in [1.165, 1.54) is 0 Å². The molecule has 0 radical (unpaired) electrons. The highest BCUT2D eigenvalue weighted by atomic mass is 16.5. The molecule has 0 saturated carbocycles. The van der Waals surface area contributed by atoms with Gasteiger partial charge >= 0.3 is 5.76 Å². The van der Waals surface area contributed by atoms with Gasteiger partial charge in [0.25, 0.3) is 5.91 Å². The van der Waals surface area contributed by atoms with E-state index in [-0.39, 0.29) is 5.91 Å². The van der Waals surface area contributed by atoms with Crippen LogP contribution in [0.5, 0.6) is 5.75 Å². The van der Waals surface area contributed by atoms with Crippen molar-refractivity contribution in [3.05, 3.63) is 64.6 Å². The molecule has 27 heavy (non-hydrogen) atoms. The first-order valence-electron chi connectivity index (χ1n) is 8.17. The molecule has 2 aromatic heterocycles. The summed E-state index contributed by atoms with van der Waals surface area (Å²) in [6, 6.07) is 14.2. The number of carbonyl (C=O) groups excluding carboxylic acids is 1. The van der Waals surface area contributed by atoms with Crippen LogP contribution >= 0.6 is 0 Å². The summed E-state index contributed by atoms with van der Waals surface area (Å²) in [4.78, 5) is 26.6. The fraction of sp³-hybridized carbons (Fsp3) is 0.105. The van der Waals surface area contributed by atoms with E-state index in [0.717, 1.165) is 11.3 Å². The summed E-state index contributed by atoms with van der Waals surface area (Å²) in [5, 5.41) is 7.25. The average Bonchev–Trinajstić information content (AvgIpc) is 3.23. The summed E-state index contributed by atoms with van der Waals surface area (Å²) in [5.41, 5.74) is 2.56. The first kappa shape index (κ1) is 16.6. The van der Waals surface area contributed by atoms with Crippen LogP contribution in [-0.4, -0.2) is 27.8 Å². The van der Waals surface area contributed by atoms with Crippen LogP contribution in [0.25, 0.3) is 22.4 Å². The molecule has 1 amide bonds. The second kappa shape index (κ2) is 6.49. The van der Waals surface area contributed by atoms with Gasteiger partial charge in [0.2, 0.25) is 0 Å². The molecule has 0 fully saturated rings. The van der Waals surface area contributed by atoms with Gasteiger partial charge in [0.05, 0.1) is 23.9 Å². The number of aromatic amines is 1. The number of para-hydroxylation sites is 1. The van der Waals surface area contributed by atoms with Crippen LogP contribution in [0.4, 0.5) is 5.82 Å². The number of hydrogen-bond donors (Lipinski definition) is 2.